The number of amides is 3. The molecule has 3 aromatic carbocycles. The van der Waals surface area contributed by atoms with Crippen LogP contribution in [-0.4, -0.2) is 49.8 Å². The van der Waals surface area contributed by atoms with Crippen LogP contribution in [0.25, 0.3) is 0 Å². The van der Waals surface area contributed by atoms with Crippen molar-refractivity contribution in [3.63, 3.8) is 0 Å². The van der Waals surface area contributed by atoms with Crippen LogP contribution in [0.3, 0.4) is 0 Å². The number of nitrogens with one attached hydrogen (secondary N) is 4. The van der Waals surface area contributed by atoms with E-state index in [4.69, 9.17) is 11.1 Å². The molecule has 3 rings (SSSR count). The molecule has 0 saturated carbocycles. The first-order chi connectivity index (χ1) is 21.0. The first-order valence-electron chi connectivity index (χ1n) is 13.9. The van der Waals surface area contributed by atoms with E-state index in [1.165, 1.54) is 11.8 Å². The highest BCUT2D eigenvalue weighted by Crippen LogP contribution is 2.28. The Kier molecular flexibility index (Phi) is 12.5. The molecule has 44 heavy (non-hydrogen) atoms. The van der Waals surface area contributed by atoms with E-state index in [2.05, 4.69) is 20.1 Å². The van der Waals surface area contributed by atoms with Crippen molar-refractivity contribution in [3.05, 3.63) is 107 Å². The number of carbonyl (C=O) groups is 3. The molecule has 13 heteroatoms. The van der Waals surface area contributed by atoms with Gasteiger partial charge in [0.15, 0.2) is 0 Å². The van der Waals surface area contributed by atoms with E-state index >= 15 is 0 Å². The number of benzene rings is 3. The van der Waals surface area contributed by atoms with E-state index in [0.29, 0.717) is 28.0 Å². The van der Waals surface area contributed by atoms with Gasteiger partial charge in [0.1, 0.15) is 11.6 Å². The number of thioether (sulfide) groups is 1. The topological polar surface area (TPSA) is 181 Å². The van der Waals surface area contributed by atoms with Crippen molar-refractivity contribution in [2.24, 2.45) is 5.73 Å². The second kappa shape index (κ2) is 16.0. The highest BCUT2D eigenvalue weighted by Gasteiger charge is 2.43. The molecule has 2 atom stereocenters. The minimum Gasteiger partial charge on any atom is -0.391 e. The van der Waals surface area contributed by atoms with Gasteiger partial charge in [0.2, 0.25) is 27.7 Å². The average Bonchev–Trinajstić information content (AvgIpc) is 3.01. The number of ether oxygens (including phenoxy) is 1. The van der Waals surface area contributed by atoms with Crippen molar-refractivity contribution >= 4 is 45.6 Å². The second-order valence-electron chi connectivity index (χ2n) is 9.82. The van der Waals surface area contributed by atoms with E-state index in [1.54, 1.807) is 91.9 Å². The Hall–Kier alpha value is -4.20. The third-order valence-electron chi connectivity index (χ3n) is 6.71. The molecular formula is C31H37N5O6S2. The van der Waals surface area contributed by atoms with E-state index in [-0.39, 0.29) is 24.5 Å². The van der Waals surface area contributed by atoms with Gasteiger partial charge in [-0.25, -0.2) is 13.2 Å². The van der Waals surface area contributed by atoms with Crippen LogP contribution in [0.15, 0.2) is 84.9 Å². The third-order valence-corrected chi connectivity index (χ3v) is 9.06. The fraction of sp³-hybridized carbons (Fsp3) is 0.290. The summed E-state index contributed by atoms with van der Waals surface area (Å²) >= 11 is 1.46. The van der Waals surface area contributed by atoms with Gasteiger partial charge in [-0.15, -0.1) is 0 Å². The second-order valence-corrected chi connectivity index (χ2v) is 12.9. The lowest BCUT2D eigenvalue weighted by atomic mass is 9.87. The Morgan fingerprint density at radius 1 is 0.932 bits per heavy atom. The first-order valence-corrected chi connectivity index (χ1v) is 16.7. The van der Waals surface area contributed by atoms with Crippen molar-refractivity contribution < 1.29 is 27.5 Å². The minimum atomic E-state index is -4.00. The predicted octanol–water partition coefficient (Wildman–Crippen LogP) is 3.39. The molecule has 0 unspecified atom stereocenters. The van der Waals surface area contributed by atoms with Crippen molar-refractivity contribution in [3.8, 4) is 0 Å². The lowest BCUT2D eigenvalue weighted by molar-refractivity contribution is -0.132. The molecule has 6 N–H and O–H groups in total. The number of carbonyl (C=O) groups excluding carboxylic acids is 3. The van der Waals surface area contributed by atoms with Crippen molar-refractivity contribution in [2.45, 2.75) is 44.1 Å². The summed E-state index contributed by atoms with van der Waals surface area (Å²) in [5.74, 6) is -0.847. The third kappa shape index (κ3) is 9.66. The molecule has 11 nitrogen and oxygen atoms in total. The number of primary amides is 1. The van der Waals surface area contributed by atoms with Crippen LogP contribution in [-0.2, 0) is 42.2 Å². The van der Waals surface area contributed by atoms with Gasteiger partial charge in [-0.2, -0.15) is 16.5 Å². The zero-order valence-corrected chi connectivity index (χ0v) is 26.2. The highest BCUT2D eigenvalue weighted by atomic mass is 32.2. The summed E-state index contributed by atoms with van der Waals surface area (Å²) in [6.45, 7) is 3.76. The van der Waals surface area contributed by atoms with Gasteiger partial charge in [-0.05, 0) is 41.0 Å². The summed E-state index contributed by atoms with van der Waals surface area (Å²) < 4.78 is 34.1. The van der Waals surface area contributed by atoms with Crippen LogP contribution in [0.5, 0.6) is 0 Å². The van der Waals surface area contributed by atoms with E-state index in [1.807, 2.05) is 6.92 Å². The maximum absolute atomic E-state index is 14.1. The molecule has 3 aromatic rings. The Bertz CT molecular complexity index is 1540. The molecule has 234 valence electrons. The van der Waals surface area contributed by atoms with Crippen LogP contribution < -0.4 is 21.1 Å². The maximum atomic E-state index is 14.1. The fourth-order valence-corrected chi connectivity index (χ4v) is 6.73. The largest absolute Gasteiger partial charge is 0.411 e. The van der Waals surface area contributed by atoms with E-state index in [0.717, 1.165) is 0 Å². The number of nitrogens with two attached hydrogens (primary N) is 1. The molecular weight excluding hydrogens is 603 g/mol. The summed E-state index contributed by atoms with van der Waals surface area (Å²) in [5, 5.41) is 13.4. The van der Waals surface area contributed by atoms with Gasteiger partial charge in [0.05, 0.1) is 5.75 Å². The van der Waals surface area contributed by atoms with Crippen molar-refractivity contribution in [1.82, 2.24) is 15.4 Å². The summed E-state index contributed by atoms with van der Waals surface area (Å²) in [7, 11) is -4.00. The molecule has 0 bridgehead atoms. The predicted molar refractivity (Wildman–Crippen MR) is 171 cm³/mol. The lowest BCUT2D eigenvalue weighted by Crippen LogP contribution is -2.60. The summed E-state index contributed by atoms with van der Waals surface area (Å²) in [4.78, 5) is 38.3. The van der Waals surface area contributed by atoms with Crippen LogP contribution in [0.1, 0.15) is 42.5 Å². The standard InChI is InChI=1S/C31H37N5O6S2/c1-3-31(25-13-9-6-10-14-25,36-44(40,41)21-23-11-7-5-8-12-23)29(38)35-26(20-43-4-2)28(37)34-19-22-15-17-24(18-16-22)27(32)42-30(33)39/h5-18,26,32,36H,3-4,19-21H2,1-2H3,(H2,33,39)(H,34,37)(H,35,38)/t26-,31-/m1/s1. The van der Waals surface area contributed by atoms with Gasteiger partial charge in [0.25, 0.3) is 0 Å². The van der Waals surface area contributed by atoms with Crippen LogP contribution in [0, 0.1) is 5.41 Å². The molecule has 0 fully saturated rings. The quantitative estimate of drug-likeness (QED) is 0.125. The molecule has 3 amide bonds. The van der Waals surface area contributed by atoms with Crippen LogP contribution >= 0.6 is 11.8 Å². The minimum absolute atomic E-state index is 0.0902. The van der Waals surface area contributed by atoms with E-state index in [9.17, 15) is 22.8 Å². The molecule has 0 saturated heterocycles. The molecule has 0 spiro atoms. The Morgan fingerprint density at radius 2 is 1.55 bits per heavy atom. The number of hydrogen-bond donors (Lipinski definition) is 5. The van der Waals surface area contributed by atoms with Gasteiger partial charge >= 0.3 is 6.09 Å². The zero-order valence-electron chi connectivity index (χ0n) is 24.5. The van der Waals surface area contributed by atoms with Gasteiger partial charge in [-0.1, -0.05) is 86.6 Å². The first kappa shape index (κ1) is 34.3. The Balaban J connectivity index is 1.81. The van der Waals surface area contributed by atoms with Gasteiger partial charge in [-0.3, -0.25) is 15.0 Å². The summed E-state index contributed by atoms with van der Waals surface area (Å²) in [6, 6.07) is 22.7. The van der Waals surface area contributed by atoms with Crippen molar-refractivity contribution in [2.75, 3.05) is 11.5 Å². The fourth-order valence-electron chi connectivity index (χ4n) is 4.44. The number of sulfonamides is 1. The maximum Gasteiger partial charge on any atom is 0.411 e. The van der Waals surface area contributed by atoms with Crippen LogP contribution in [0.2, 0.25) is 0 Å². The normalized spacial score (nSPS) is 13.2. The molecule has 0 aliphatic carbocycles. The summed E-state index contributed by atoms with van der Waals surface area (Å²) in [5.41, 5.74) is 5.33. The number of hydrogen-bond acceptors (Lipinski definition) is 8. The van der Waals surface area contributed by atoms with Crippen LogP contribution in [0.4, 0.5) is 4.79 Å². The lowest BCUT2D eigenvalue weighted by Gasteiger charge is -2.34. The average molecular weight is 640 g/mol. The molecule has 0 radical (unpaired) electrons. The SMILES string of the molecule is CCSC[C@@H](NC(=O)[C@](CC)(NS(=O)(=O)Cc1ccccc1)c1ccccc1)C(=O)NCc1ccc(C(=N)OC(N)=O)cc1. The van der Waals surface area contributed by atoms with Gasteiger partial charge < -0.3 is 21.1 Å². The molecule has 0 heterocycles. The smallest absolute Gasteiger partial charge is 0.391 e. The molecule has 0 aromatic heterocycles. The summed E-state index contributed by atoms with van der Waals surface area (Å²) in [6.07, 6.45) is -1.000. The molecule has 0 aliphatic heterocycles. The van der Waals surface area contributed by atoms with Gasteiger partial charge in [0, 0.05) is 17.9 Å². The monoisotopic (exact) mass is 639 g/mol. The molecule has 0 aliphatic rings. The Morgan fingerprint density at radius 3 is 2.11 bits per heavy atom. The van der Waals surface area contributed by atoms with E-state index < -0.39 is 45.4 Å². The number of rotatable bonds is 15. The van der Waals surface area contributed by atoms with Crippen molar-refractivity contribution in [1.29, 1.82) is 5.41 Å². The highest BCUT2D eigenvalue weighted by molar-refractivity contribution is 7.99. The zero-order chi connectivity index (χ0) is 32.2. The Labute approximate surface area is 261 Å².